The molecule has 96 valence electrons. The quantitative estimate of drug-likeness (QED) is 0.581. The van der Waals surface area contributed by atoms with Crippen molar-refractivity contribution in [2.24, 2.45) is 7.05 Å². The van der Waals surface area contributed by atoms with Crippen LogP contribution in [0.4, 0.5) is 5.82 Å². The molecule has 0 aliphatic carbocycles. The minimum absolute atomic E-state index is 0.0218. The highest BCUT2D eigenvalue weighted by atomic mass is 16.6. The second-order valence-electron chi connectivity index (χ2n) is 4.13. The highest BCUT2D eigenvalue weighted by Gasteiger charge is 2.22. The van der Waals surface area contributed by atoms with Crippen LogP contribution in [0.1, 0.15) is 32.4 Å². The Morgan fingerprint density at radius 1 is 1.59 bits per heavy atom. The van der Waals surface area contributed by atoms with Crippen molar-refractivity contribution in [2.75, 3.05) is 6.54 Å². The molecular weight excluding hydrogens is 220 g/mol. The molecule has 0 saturated heterocycles. The van der Waals surface area contributed by atoms with Gasteiger partial charge in [-0.25, -0.2) is 0 Å². The van der Waals surface area contributed by atoms with Gasteiger partial charge in [0.1, 0.15) is 5.69 Å². The topological polar surface area (TPSA) is 73.0 Å². The first-order valence-electron chi connectivity index (χ1n) is 5.98. The van der Waals surface area contributed by atoms with Gasteiger partial charge in [0.15, 0.2) is 0 Å². The third-order valence-corrected chi connectivity index (χ3v) is 2.78. The van der Waals surface area contributed by atoms with Crippen LogP contribution in [-0.2, 0) is 13.5 Å². The highest BCUT2D eigenvalue weighted by molar-refractivity contribution is 5.27. The molecule has 1 atom stereocenters. The molecule has 0 aliphatic rings. The first-order chi connectivity index (χ1) is 8.10. The molecule has 0 aliphatic heterocycles. The molecule has 1 unspecified atom stereocenters. The van der Waals surface area contributed by atoms with Gasteiger partial charge in [0.05, 0.1) is 0 Å². The minimum atomic E-state index is -0.412. The lowest BCUT2D eigenvalue weighted by atomic mass is 10.1. The molecule has 6 heteroatoms. The number of likely N-dealkylation sites (N-methyl/N-ethyl adjacent to an activating group) is 1. The molecule has 0 bridgehead atoms. The molecular formula is C11H20N4O2. The third-order valence-electron chi connectivity index (χ3n) is 2.78. The van der Waals surface area contributed by atoms with Gasteiger partial charge < -0.3 is 20.0 Å². The van der Waals surface area contributed by atoms with Gasteiger partial charge in [0.25, 0.3) is 0 Å². The lowest BCUT2D eigenvalue weighted by Gasteiger charge is -2.16. The smallest absolute Gasteiger partial charge is 0.358 e. The van der Waals surface area contributed by atoms with Crippen molar-refractivity contribution in [3.8, 4) is 0 Å². The summed E-state index contributed by atoms with van der Waals surface area (Å²) in [5.74, 6) is -0.0218. The van der Waals surface area contributed by atoms with Crippen LogP contribution in [0, 0.1) is 10.1 Å². The summed E-state index contributed by atoms with van der Waals surface area (Å²) in [6, 6.07) is 0.277. The fourth-order valence-corrected chi connectivity index (χ4v) is 1.98. The number of rotatable bonds is 7. The van der Waals surface area contributed by atoms with E-state index >= 15 is 0 Å². The summed E-state index contributed by atoms with van der Waals surface area (Å²) in [5.41, 5.74) is 0.689. The largest absolute Gasteiger partial charge is 0.384 e. The van der Waals surface area contributed by atoms with Crippen molar-refractivity contribution in [1.29, 1.82) is 0 Å². The molecule has 17 heavy (non-hydrogen) atoms. The van der Waals surface area contributed by atoms with Crippen molar-refractivity contribution in [2.45, 2.75) is 39.2 Å². The van der Waals surface area contributed by atoms with Crippen LogP contribution in [-0.4, -0.2) is 27.1 Å². The number of nitro groups is 1. The molecule has 1 aromatic heterocycles. The molecule has 0 amide bonds. The van der Waals surface area contributed by atoms with Crippen molar-refractivity contribution in [1.82, 2.24) is 14.9 Å². The van der Waals surface area contributed by atoms with Crippen molar-refractivity contribution in [3.63, 3.8) is 0 Å². The average molecular weight is 240 g/mol. The van der Waals surface area contributed by atoms with Crippen LogP contribution in [0.2, 0.25) is 0 Å². The summed E-state index contributed by atoms with van der Waals surface area (Å²) in [4.78, 5) is 14.3. The molecule has 0 fully saturated rings. The third kappa shape index (κ3) is 3.52. The zero-order valence-corrected chi connectivity index (χ0v) is 10.6. The summed E-state index contributed by atoms with van der Waals surface area (Å²) >= 11 is 0. The number of hydrogen-bond acceptors (Lipinski definition) is 4. The normalized spacial score (nSPS) is 12.6. The average Bonchev–Trinajstić information content (AvgIpc) is 2.61. The zero-order valence-electron chi connectivity index (χ0n) is 10.6. The van der Waals surface area contributed by atoms with Gasteiger partial charge >= 0.3 is 5.82 Å². The molecule has 0 radical (unpaired) electrons. The zero-order chi connectivity index (χ0) is 12.8. The number of imidazole rings is 1. The Kier molecular flexibility index (Phi) is 5.09. The lowest BCUT2D eigenvalue weighted by Crippen LogP contribution is -2.31. The monoisotopic (exact) mass is 240 g/mol. The van der Waals surface area contributed by atoms with Crippen LogP contribution < -0.4 is 5.32 Å². The van der Waals surface area contributed by atoms with Gasteiger partial charge in [0, 0.05) is 19.5 Å². The van der Waals surface area contributed by atoms with Crippen molar-refractivity contribution < 1.29 is 4.92 Å². The Labute approximate surface area is 101 Å². The van der Waals surface area contributed by atoms with E-state index in [2.05, 4.69) is 17.2 Å². The number of aromatic nitrogens is 2. The van der Waals surface area contributed by atoms with Crippen molar-refractivity contribution in [3.05, 3.63) is 22.1 Å². The van der Waals surface area contributed by atoms with Crippen LogP contribution in [0.3, 0.4) is 0 Å². The molecule has 0 saturated carbocycles. The Hall–Kier alpha value is -1.43. The van der Waals surface area contributed by atoms with E-state index < -0.39 is 4.92 Å². The van der Waals surface area contributed by atoms with Gasteiger partial charge in [-0.15, -0.1) is 0 Å². The molecule has 1 aromatic rings. The second-order valence-corrected chi connectivity index (χ2v) is 4.13. The highest BCUT2D eigenvalue weighted by Crippen LogP contribution is 2.18. The Morgan fingerprint density at radius 2 is 2.29 bits per heavy atom. The van der Waals surface area contributed by atoms with Gasteiger partial charge in [-0.1, -0.05) is 20.3 Å². The number of hydrogen-bond donors (Lipinski definition) is 1. The van der Waals surface area contributed by atoms with E-state index in [1.54, 1.807) is 11.6 Å². The summed E-state index contributed by atoms with van der Waals surface area (Å²) in [5, 5.41) is 14.2. The van der Waals surface area contributed by atoms with E-state index in [0.717, 1.165) is 19.4 Å². The van der Waals surface area contributed by atoms with Gasteiger partial charge in [0.2, 0.25) is 6.33 Å². The first kappa shape index (κ1) is 13.6. The van der Waals surface area contributed by atoms with Gasteiger partial charge in [-0.2, -0.15) is 0 Å². The molecule has 6 nitrogen and oxygen atoms in total. The molecule has 1 heterocycles. The maximum atomic E-state index is 10.8. The molecule has 1 N–H and O–H groups in total. The standard InChI is InChI=1S/C11H20N4O2/c1-4-6-9(12-5-2)7-10-11(15(16)17)13-8-14(10)3/h8-9,12H,4-7H2,1-3H3. The minimum Gasteiger partial charge on any atom is -0.358 e. The Morgan fingerprint density at radius 3 is 2.82 bits per heavy atom. The van der Waals surface area contributed by atoms with E-state index in [9.17, 15) is 10.1 Å². The van der Waals surface area contributed by atoms with E-state index in [0.29, 0.717) is 12.1 Å². The van der Waals surface area contributed by atoms with Gasteiger partial charge in [-0.05, 0) is 22.9 Å². The first-order valence-corrected chi connectivity index (χ1v) is 5.98. The van der Waals surface area contributed by atoms with Crippen molar-refractivity contribution >= 4 is 5.82 Å². The molecule has 0 aromatic carbocycles. The molecule has 1 rings (SSSR count). The summed E-state index contributed by atoms with van der Waals surface area (Å²) in [6.45, 7) is 5.03. The SMILES string of the molecule is CCCC(Cc1c([N+](=O)[O-])ncn1C)NCC. The summed E-state index contributed by atoms with van der Waals surface area (Å²) in [7, 11) is 1.80. The second kappa shape index (κ2) is 6.34. The number of aryl methyl sites for hydroxylation is 1. The Bertz CT molecular complexity index is 370. The predicted octanol–water partition coefficient (Wildman–Crippen LogP) is 1.65. The number of nitrogens with one attached hydrogen (secondary N) is 1. The van der Waals surface area contributed by atoms with Crippen LogP contribution in [0.15, 0.2) is 6.33 Å². The summed E-state index contributed by atoms with van der Waals surface area (Å²) in [6.07, 6.45) is 4.22. The van der Waals surface area contributed by atoms with Crippen LogP contribution in [0.5, 0.6) is 0 Å². The Balaban J connectivity index is 2.83. The van der Waals surface area contributed by atoms with Crippen LogP contribution in [0.25, 0.3) is 0 Å². The fourth-order valence-electron chi connectivity index (χ4n) is 1.98. The van der Waals surface area contributed by atoms with Gasteiger partial charge in [-0.3, -0.25) is 0 Å². The van der Waals surface area contributed by atoms with E-state index in [-0.39, 0.29) is 11.9 Å². The van der Waals surface area contributed by atoms with E-state index in [1.807, 2.05) is 6.92 Å². The fraction of sp³-hybridized carbons (Fsp3) is 0.727. The predicted molar refractivity (Wildman–Crippen MR) is 65.9 cm³/mol. The maximum Gasteiger partial charge on any atom is 0.384 e. The molecule has 0 spiro atoms. The maximum absolute atomic E-state index is 10.8. The van der Waals surface area contributed by atoms with Crippen LogP contribution >= 0.6 is 0 Å². The van der Waals surface area contributed by atoms with E-state index in [1.165, 1.54) is 6.33 Å². The lowest BCUT2D eigenvalue weighted by molar-refractivity contribution is -0.390. The van der Waals surface area contributed by atoms with E-state index in [4.69, 9.17) is 0 Å². The number of nitrogens with zero attached hydrogens (tertiary/aromatic N) is 3. The summed E-state index contributed by atoms with van der Waals surface area (Å²) < 4.78 is 1.73.